The van der Waals surface area contributed by atoms with Crippen molar-refractivity contribution in [2.75, 3.05) is 7.05 Å². The van der Waals surface area contributed by atoms with Gasteiger partial charge in [0.25, 0.3) is 5.91 Å². The summed E-state index contributed by atoms with van der Waals surface area (Å²) in [5.41, 5.74) is 2.17. The van der Waals surface area contributed by atoms with E-state index in [1.165, 1.54) is 17.4 Å². The molecule has 124 valence electrons. The maximum Gasteiger partial charge on any atom is 0.273 e. The standard InChI is InChI=1S/C19H14FN3OS/c1-23(11-14-8-6-13(10-21)7-9-14)19(24)17-12-25-18(22-17)15-4-2-3-5-16(15)20/h2-9,12H,11H2,1H3. The third kappa shape index (κ3) is 3.73. The average Bonchev–Trinajstić information content (AvgIpc) is 3.12. The Labute approximate surface area is 148 Å². The van der Waals surface area contributed by atoms with E-state index in [1.807, 2.05) is 12.1 Å². The monoisotopic (exact) mass is 351 g/mol. The minimum Gasteiger partial charge on any atom is -0.336 e. The Morgan fingerprint density at radius 3 is 2.64 bits per heavy atom. The number of aromatic nitrogens is 1. The Hall–Kier alpha value is -3.04. The quantitative estimate of drug-likeness (QED) is 0.711. The lowest BCUT2D eigenvalue weighted by Gasteiger charge is -2.16. The van der Waals surface area contributed by atoms with E-state index in [9.17, 15) is 9.18 Å². The van der Waals surface area contributed by atoms with Crippen molar-refractivity contribution in [3.05, 3.63) is 76.5 Å². The van der Waals surface area contributed by atoms with Crippen LogP contribution in [0.5, 0.6) is 0 Å². The van der Waals surface area contributed by atoms with Gasteiger partial charge in [0.15, 0.2) is 0 Å². The highest BCUT2D eigenvalue weighted by atomic mass is 32.1. The Morgan fingerprint density at radius 1 is 1.24 bits per heavy atom. The van der Waals surface area contributed by atoms with Crippen molar-refractivity contribution in [1.29, 1.82) is 5.26 Å². The normalized spacial score (nSPS) is 10.3. The minimum absolute atomic E-state index is 0.233. The third-order valence-corrected chi connectivity index (χ3v) is 4.55. The highest BCUT2D eigenvalue weighted by molar-refractivity contribution is 7.13. The molecular formula is C19H14FN3OS. The molecule has 4 nitrogen and oxygen atoms in total. The van der Waals surface area contributed by atoms with E-state index >= 15 is 0 Å². The number of benzene rings is 2. The summed E-state index contributed by atoms with van der Waals surface area (Å²) in [7, 11) is 1.68. The van der Waals surface area contributed by atoms with Gasteiger partial charge in [0.1, 0.15) is 16.5 Å². The van der Waals surface area contributed by atoms with E-state index in [0.717, 1.165) is 5.56 Å². The van der Waals surface area contributed by atoms with E-state index in [0.29, 0.717) is 28.4 Å². The summed E-state index contributed by atoms with van der Waals surface area (Å²) in [5.74, 6) is -0.593. The summed E-state index contributed by atoms with van der Waals surface area (Å²) in [6.07, 6.45) is 0. The van der Waals surface area contributed by atoms with Gasteiger partial charge in [-0.15, -0.1) is 11.3 Å². The summed E-state index contributed by atoms with van der Waals surface area (Å²) >= 11 is 1.24. The number of amides is 1. The van der Waals surface area contributed by atoms with Crippen LogP contribution in [0.25, 0.3) is 10.6 Å². The molecule has 0 spiro atoms. The molecule has 0 aliphatic heterocycles. The Bertz CT molecular complexity index is 944. The van der Waals surface area contributed by atoms with Gasteiger partial charge in [0.2, 0.25) is 0 Å². The number of hydrogen-bond acceptors (Lipinski definition) is 4. The van der Waals surface area contributed by atoms with Gasteiger partial charge in [-0.3, -0.25) is 4.79 Å². The third-order valence-electron chi connectivity index (χ3n) is 3.68. The molecule has 0 aliphatic carbocycles. The molecule has 3 aromatic rings. The van der Waals surface area contributed by atoms with Crippen LogP contribution in [0, 0.1) is 17.1 Å². The molecule has 0 fully saturated rings. The second-order valence-corrected chi connectivity index (χ2v) is 6.35. The molecule has 0 saturated carbocycles. The zero-order chi connectivity index (χ0) is 17.8. The first-order valence-electron chi connectivity index (χ1n) is 7.53. The molecule has 1 amide bonds. The lowest BCUT2D eigenvalue weighted by Crippen LogP contribution is -2.26. The van der Waals surface area contributed by atoms with Gasteiger partial charge in [-0.25, -0.2) is 9.37 Å². The maximum atomic E-state index is 13.8. The SMILES string of the molecule is CN(Cc1ccc(C#N)cc1)C(=O)c1csc(-c2ccccc2F)n1. The number of nitriles is 1. The molecule has 2 aromatic carbocycles. The van der Waals surface area contributed by atoms with Crippen molar-refractivity contribution >= 4 is 17.2 Å². The molecule has 3 rings (SSSR count). The Kier molecular flexibility index (Phi) is 4.87. The molecule has 1 heterocycles. The van der Waals surface area contributed by atoms with Crippen LogP contribution >= 0.6 is 11.3 Å². The first-order valence-corrected chi connectivity index (χ1v) is 8.41. The van der Waals surface area contributed by atoms with E-state index in [1.54, 1.807) is 47.7 Å². The van der Waals surface area contributed by atoms with Crippen LogP contribution < -0.4 is 0 Å². The lowest BCUT2D eigenvalue weighted by molar-refractivity contribution is 0.0780. The fourth-order valence-electron chi connectivity index (χ4n) is 2.36. The molecule has 0 radical (unpaired) electrons. The predicted octanol–water partition coefficient (Wildman–Crippen LogP) is 4.09. The second-order valence-electron chi connectivity index (χ2n) is 5.49. The minimum atomic E-state index is -0.359. The van der Waals surface area contributed by atoms with Gasteiger partial charge in [-0.2, -0.15) is 5.26 Å². The summed E-state index contributed by atoms with van der Waals surface area (Å²) in [6, 6.07) is 15.5. The van der Waals surface area contributed by atoms with Crippen LogP contribution in [0.2, 0.25) is 0 Å². The lowest BCUT2D eigenvalue weighted by atomic mass is 10.1. The van der Waals surface area contributed by atoms with Gasteiger partial charge in [0, 0.05) is 24.5 Å². The van der Waals surface area contributed by atoms with Gasteiger partial charge in [-0.05, 0) is 29.8 Å². The molecule has 6 heteroatoms. The van der Waals surface area contributed by atoms with E-state index < -0.39 is 0 Å². The molecule has 0 aliphatic rings. The molecular weight excluding hydrogens is 337 g/mol. The second kappa shape index (κ2) is 7.24. The van der Waals surface area contributed by atoms with E-state index in [-0.39, 0.29) is 11.7 Å². The molecule has 0 bridgehead atoms. The number of halogens is 1. The van der Waals surface area contributed by atoms with Crippen molar-refractivity contribution in [2.45, 2.75) is 6.54 Å². The fourth-order valence-corrected chi connectivity index (χ4v) is 3.18. The summed E-state index contributed by atoms with van der Waals surface area (Å²) in [4.78, 5) is 18.3. The summed E-state index contributed by atoms with van der Waals surface area (Å²) < 4.78 is 13.8. The highest BCUT2D eigenvalue weighted by Gasteiger charge is 2.17. The molecule has 0 unspecified atom stereocenters. The van der Waals surface area contributed by atoms with Gasteiger partial charge < -0.3 is 4.90 Å². The molecule has 0 N–H and O–H groups in total. The summed E-state index contributed by atoms with van der Waals surface area (Å²) in [6.45, 7) is 0.400. The molecule has 25 heavy (non-hydrogen) atoms. The Balaban J connectivity index is 1.74. The number of carbonyl (C=O) groups is 1. The Morgan fingerprint density at radius 2 is 1.96 bits per heavy atom. The average molecular weight is 351 g/mol. The highest BCUT2D eigenvalue weighted by Crippen LogP contribution is 2.26. The number of nitrogens with zero attached hydrogens (tertiary/aromatic N) is 3. The van der Waals surface area contributed by atoms with Gasteiger partial charge in [0.05, 0.1) is 11.6 Å². The van der Waals surface area contributed by atoms with Crippen molar-refractivity contribution < 1.29 is 9.18 Å². The first kappa shape index (κ1) is 16.8. The largest absolute Gasteiger partial charge is 0.336 e. The molecule has 1 aromatic heterocycles. The number of carbonyl (C=O) groups excluding carboxylic acids is 1. The molecule has 0 atom stereocenters. The summed E-state index contributed by atoms with van der Waals surface area (Å²) in [5, 5.41) is 10.9. The van der Waals surface area contributed by atoms with Crippen molar-refractivity contribution in [3.63, 3.8) is 0 Å². The zero-order valence-corrected chi connectivity index (χ0v) is 14.3. The first-order chi connectivity index (χ1) is 12.1. The van der Waals surface area contributed by atoms with Crippen LogP contribution in [-0.4, -0.2) is 22.8 Å². The number of thiazole rings is 1. The van der Waals surface area contributed by atoms with Gasteiger partial charge in [-0.1, -0.05) is 24.3 Å². The van der Waals surface area contributed by atoms with Crippen LogP contribution in [0.3, 0.4) is 0 Å². The number of rotatable bonds is 4. The van der Waals surface area contributed by atoms with Crippen LogP contribution in [0.15, 0.2) is 53.9 Å². The topological polar surface area (TPSA) is 57.0 Å². The van der Waals surface area contributed by atoms with Crippen LogP contribution in [0.4, 0.5) is 4.39 Å². The number of hydrogen-bond donors (Lipinski definition) is 0. The fraction of sp³-hybridized carbons (Fsp3) is 0.105. The predicted molar refractivity (Wildman–Crippen MR) is 94.5 cm³/mol. The maximum absolute atomic E-state index is 13.8. The van der Waals surface area contributed by atoms with E-state index in [4.69, 9.17) is 5.26 Å². The molecule has 0 saturated heterocycles. The van der Waals surface area contributed by atoms with Crippen LogP contribution in [-0.2, 0) is 6.54 Å². The zero-order valence-electron chi connectivity index (χ0n) is 13.4. The van der Waals surface area contributed by atoms with Gasteiger partial charge >= 0.3 is 0 Å². The van der Waals surface area contributed by atoms with Crippen molar-refractivity contribution in [3.8, 4) is 16.6 Å². The van der Waals surface area contributed by atoms with Crippen molar-refractivity contribution in [2.24, 2.45) is 0 Å². The van der Waals surface area contributed by atoms with E-state index in [2.05, 4.69) is 11.1 Å². The smallest absolute Gasteiger partial charge is 0.273 e. The van der Waals surface area contributed by atoms with Crippen LogP contribution in [0.1, 0.15) is 21.6 Å². The van der Waals surface area contributed by atoms with Crippen molar-refractivity contribution in [1.82, 2.24) is 9.88 Å².